The van der Waals surface area contributed by atoms with Crippen LogP contribution < -0.4 is 10.1 Å². The standard InChI is InChI=1S/C20H22BrNO4/c1-14-5-3-4-6-18(14)25-12-11-20(24)26-13-19(23)22-15(2)16-7-9-17(21)10-8-16/h3-10,15H,11-13H2,1-2H3,(H,22,23)/t15-/m1/s1. The highest BCUT2D eigenvalue weighted by molar-refractivity contribution is 9.10. The molecule has 0 aromatic heterocycles. The number of nitrogens with one attached hydrogen (secondary N) is 1. The summed E-state index contributed by atoms with van der Waals surface area (Å²) in [6.45, 7) is 3.72. The first-order valence-electron chi connectivity index (χ1n) is 8.34. The van der Waals surface area contributed by atoms with E-state index >= 15 is 0 Å². The van der Waals surface area contributed by atoms with Gasteiger partial charge in [-0.15, -0.1) is 0 Å². The topological polar surface area (TPSA) is 64.6 Å². The van der Waals surface area contributed by atoms with Crippen LogP contribution in [-0.4, -0.2) is 25.1 Å². The van der Waals surface area contributed by atoms with Gasteiger partial charge in [0.05, 0.1) is 19.1 Å². The number of carbonyl (C=O) groups is 2. The largest absolute Gasteiger partial charge is 0.493 e. The number of aryl methyl sites for hydroxylation is 1. The molecule has 0 bridgehead atoms. The van der Waals surface area contributed by atoms with Gasteiger partial charge >= 0.3 is 5.97 Å². The molecule has 0 unspecified atom stereocenters. The van der Waals surface area contributed by atoms with E-state index in [1.807, 2.05) is 62.4 Å². The maximum absolute atomic E-state index is 11.9. The second kappa shape index (κ2) is 9.97. The Kier molecular flexibility index (Phi) is 7.66. The molecule has 2 rings (SSSR count). The summed E-state index contributed by atoms with van der Waals surface area (Å²) in [4.78, 5) is 23.6. The van der Waals surface area contributed by atoms with Crippen molar-refractivity contribution in [2.24, 2.45) is 0 Å². The van der Waals surface area contributed by atoms with E-state index in [1.165, 1.54) is 0 Å². The number of esters is 1. The van der Waals surface area contributed by atoms with Gasteiger partial charge < -0.3 is 14.8 Å². The van der Waals surface area contributed by atoms with E-state index < -0.39 is 5.97 Å². The van der Waals surface area contributed by atoms with Crippen molar-refractivity contribution in [3.05, 3.63) is 64.1 Å². The fourth-order valence-corrected chi connectivity index (χ4v) is 2.56. The molecule has 0 aliphatic heterocycles. The Bertz CT molecular complexity index is 746. The van der Waals surface area contributed by atoms with Gasteiger partial charge in [0.25, 0.3) is 5.91 Å². The molecule has 0 heterocycles. The molecule has 0 radical (unpaired) electrons. The fraction of sp³-hybridized carbons (Fsp3) is 0.300. The van der Waals surface area contributed by atoms with E-state index in [2.05, 4.69) is 21.2 Å². The van der Waals surface area contributed by atoms with Gasteiger partial charge in [-0.05, 0) is 43.2 Å². The molecule has 0 fully saturated rings. The number of amides is 1. The van der Waals surface area contributed by atoms with Gasteiger partial charge in [0.2, 0.25) is 0 Å². The van der Waals surface area contributed by atoms with Crippen molar-refractivity contribution in [1.82, 2.24) is 5.32 Å². The van der Waals surface area contributed by atoms with Crippen molar-refractivity contribution >= 4 is 27.8 Å². The van der Waals surface area contributed by atoms with Crippen molar-refractivity contribution in [2.45, 2.75) is 26.3 Å². The summed E-state index contributed by atoms with van der Waals surface area (Å²) in [6, 6.07) is 15.1. The Morgan fingerprint density at radius 1 is 1.12 bits per heavy atom. The van der Waals surface area contributed by atoms with Crippen LogP contribution in [0.5, 0.6) is 5.75 Å². The highest BCUT2D eigenvalue weighted by Crippen LogP contribution is 2.17. The van der Waals surface area contributed by atoms with Crippen molar-refractivity contribution in [3.8, 4) is 5.75 Å². The molecule has 6 heteroatoms. The van der Waals surface area contributed by atoms with Crippen molar-refractivity contribution in [3.63, 3.8) is 0 Å². The van der Waals surface area contributed by atoms with Crippen molar-refractivity contribution < 1.29 is 19.1 Å². The molecule has 2 aromatic carbocycles. The SMILES string of the molecule is Cc1ccccc1OCCC(=O)OCC(=O)N[C@H](C)c1ccc(Br)cc1. The van der Waals surface area contributed by atoms with Crippen LogP contribution in [0.3, 0.4) is 0 Å². The Hall–Kier alpha value is -2.34. The second-order valence-electron chi connectivity index (χ2n) is 5.87. The summed E-state index contributed by atoms with van der Waals surface area (Å²) in [5, 5.41) is 2.80. The molecule has 1 atom stereocenters. The number of hydrogen-bond donors (Lipinski definition) is 1. The van der Waals surface area contributed by atoms with E-state index in [0.29, 0.717) is 0 Å². The first-order valence-corrected chi connectivity index (χ1v) is 9.14. The normalized spacial score (nSPS) is 11.5. The smallest absolute Gasteiger partial charge is 0.309 e. The Morgan fingerprint density at radius 2 is 1.81 bits per heavy atom. The maximum Gasteiger partial charge on any atom is 0.309 e. The van der Waals surface area contributed by atoms with Gasteiger partial charge in [-0.25, -0.2) is 0 Å². The quantitative estimate of drug-likeness (QED) is 0.657. The van der Waals surface area contributed by atoms with Gasteiger partial charge in [-0.1, -0.05) is 46.3 Å². The first kappa shape index (κ1) is 20.0. The number of benzene rings is 2. The van der Waals surface area contributed by atoms with Crippen LogP contribution in [0.4, 0.5) is 0 Å². The zero-order valence-corrected chi connectivity index (χ0v) is 16.4. The Balaban J connectivity index is 1.67. The molecule has 5 nitrogen and oxygen atoms in total. The van der Waals surface area contributed by atoms with E-state index in [9.17, 15) is 9.59 Å². The molecule has 26 heavy (non-hydrogen) atoms. The maximum atomic E-state index is 11.9. The monoisotopic (exact) mass is 419 g/mol. The average molecular weight is 420 g/mol. The van der Waals surface area contributed by atoms with Gasteiger partial charge in [-0.2, -0.15) is 0 Å². The zero-order chi connectivity index (χ0) is 18.9. The van der Waals surface area contributed by atoms with Crippen LogP contribution in [0.1, 0.15) is 30.5 Å². The average Bonchev–Trinajstić information content (AvgIpc) is 2.62. The molecule has 0 saturated carbocycles. The summed E-state index contributed by atoms with van der Waals surface area (Å²) in [6.07, 6.45) is 0.0872. The third-order valence-corrected chi connectivity index (χ3v) is 4.30. The minimum absolute atomic E-state index is 0.0872. The second-order valence-corrected chi connectivity index (χ2v) is 6.78. The van der Waals surface area contributed by atoms with Crippen molar-refractivity contribution in [2.75, 3.05) is 13.2 Å². The van der Waals surface area contributed by atoms with E-state index in [0.717, 1.165) is 21.3 Å². The molecule has 0 saturated heterocycles. The molecule has 2 aromatic rings. The lowest BCUT2D eigenvalue weighted by Gasteiger charge is -2.14. The third-order valence-electron chi connectivity index (χ3n) is 3.77. The number of rotatable bonds is 8. The predicted molar refractivity (Wildman–Crippen MR) is 103 cm³/mol. The van der Waals surface area contributed by atoms with Crippen molar-refractivity contribution in [1.29, 1.82) is 0 Å². The highest BCUT2D eigenvalue weighted by atomic mass is 79.9. The minimum Gasteiger partial charge on any atom is -0.493 e. The lowest BCUT2D eigenvalue weighted by atomic mass is 10.1. The molecule has 0 aliphatic rings. The van der Waals surface area contributed by atoms with Gasteiger partial charge in [0.1, 0.15) is 5.75 Å². The molecule has 138 valence electrons. The van der Waals surface area contributed by atoms with E-state index in [4.69, 9.17) is 9.47 Å². The molecule has 1 amide bonds. The lowest BCUT2D eigenvalue weighted by molar-refractivity contribution is -0.149. The van der Waals surface area contributed by atoms with E-state index in [-0.39, 0.29) is 31.6 Å². The molecule has 0 spiro atoms. The number of hydrogen-bond acceptors (Lipinski definition) is 4. The predicted octanol–water partition coefficient (Wildman–Crippen LogP) is 3.95. The fourth-order valence-electron chi connectivity index (χ4n) is 2.30. The number of ether oxygens (including phenoxy) is 2. The number of halogens is 1. The minimum atomic E-state index is -0.468. The van der Waals surface area contributed by atoms with Crippen LogP contribution in [0.25, 0.3) is 0 Å². The molecular formula is C20H22BrNO4. The van der Waals surface area contributed by atoms with Gasteiger partial charge in [0.15, 0.2) is 6.61 Å². The van der Waals surface area contributed by atoms with Crippen LogP contribution in [-0.2, 0) is 14.3 Å². The number of para-hydroxylation sites is 1. The summed E-state index contributed by atoms with van der Waals surface area (Å²) < 4.78 is 11.5. The first-order chi connectivity index (χ1) is 12.5. The Labute approximate surface area is 161 Å². The van der Waals surface area contributed by atoms with Gasteiger partial charge in [0, 0.05) is 4.47 Å². The van der Waals surface area contributed by atoms with E-state index in [1.54, 1.807) is 0 Å². The molecule has 1 N–H and O–H groups in total. The third kappa shape index (κ3) is 6.52. The molecule has 0 aliphatic carbocycles. The van der Waals surface area contributed by atoms with Crippen LogP contribution >= 0.6 is 15.9 Å². The Morgan fingerprint density at radius 3 is 2.50 bits per heavy atom. The zero-order valence-electron chi connectivity index (χ0n) is 14.8. The lowest BCUT2D eigenvalue weighted by Crippen LogP contribution is -2.31. The summed E-state index contributed by atoms with van der Waals surface area (Å²) in [5.41, 5.74) is 1.97. The van der Waals surface area contributed by atoms with Crippen LogP contribution in [0.2, 0.25) is 0 Å². The van der Waals surface area contributed by atoms with Gasteiger partial charge in [-0.3, -0.25) is 9.59 Å². The highest BCUT2D eigenvalue weighted by Gasteiger charge is 2.12. The van der Waals surface area contributed by atoms with Crippen LogP contribution in [0, 0.1) is 6.92 Å². The summed E-state index contributed by atoms with van der Waals surface area (Å²) >= 11 is 3.37. The molecular weight excluding hydrogens is 398 g/mol. The summed E-state index contributed by atoms with van der Waals surface area (Å²) in [7, 11) is 0. The number of carbonyl (C=O) groups excluding carboxylic acids is 2. The summed E-state index contributed by atoms with van der Waals surface area (Å²) in [5.74, 6) is -0.0695. The van der Waals surface area contributed by atoms with Crippen LogP contribution in [0.15, 0.2) is 53.0 Å².